The van der Waals surface area contributed by atoms with Gasteiger partial charge in [0.2, 0.25) is 0 Å². The van der Waals surface area contributed by atoms with E-state index in [0.29, 0.717) is 12.1 Å². The van der Waals surface area contributed by atoms with Gasteiger partial charge in [-0.1, -0.05) is 76.1 Å². The van der Waals surface area contributed by atoms with Crippen molar-refractivity contribution in [2.45, 2.75) is 19.1 Å². The Kier molecular flexibility index (Phi) is 5.98. The van der Waals surface area contributed by atoms with Gasteiger partial charge < -0.3 is 0 Å². The summed E-state index contributed by atoms with van der Waals surface area (Å²) in [6, 6.07) is 20.0. The monoisotopic (exact) mass is 387 g/mol. The molecule has 0 N–H and O–H groups in total. The van der Waals surface area contributed by atoms with Gasteiger partial charge >= 0.3 is 6.18 Å². The standard InChI is InChI=1S/C22H21F3NP/c1-16(20-13-5-10-18-9-2-3-12-21(18)20)26(27)14-6-8-17-7-4-11-19(15-17)22(23,24)25/h2-13,15-16H,14,27H2,1H3. The third-order valence-electron chi connectivity index (χ3n) is 4.61. The van der Waals surface area contributed by atoms with Crippen molar-refractivity contribution in [3.8, 4) is 0 Å². The smallest absolute Gasteiger partial charge is 0.277 e. The second-order valence-electron chi connectivity index (χ2n) is 6.47. The summed E-state index contributed by atoms with van der Waals surface area (Å²) in [4.78, 5) is 0. The van der Waals surface area contributed by atoms with Gasteiger partial charge in [0.15, 0.2) is 0 Å². The van der Waals surface area contributed by atoms with Gasteiger partial charge in [0, 0.05) is 12.6 Å². The molecule has 2 unspecified atom stereocenters. The van der Waals surface area contributed by atoms with Gasteiger partial charge in [-0.2, -0.15) is 13.2 Å². The minimum atomic E-state index is -4.32. The van der Waals surface area contributed by atoms with Crippen LogP contribution in [-0.4, -0.2) is 11.2 Å². The van der Waals surface area contributed by atoms with E-state index in [1.54, 1.807) is 12.1 Å². The number of fused-ring (bicyclic) bond motifs is 1. The van der Waals surface area contributed by atoms with Crippen molar-refractivity contribution < 1.29 is 13.2 Å². The minimum Gasteiger partial charge on any atom is -0.277 e. The van der Waals surface area contributed by atoms with E-state index in [9.17, 15) is 13.2 Å². The Labute approximate surface area is 159 Å². The normalized spacial score (nSPS) is 13.6. The molecule has 3 rings (SSSR count). The number of hydrogen-bond acceptors (Lipinski definition) is 1. The van der Waals surface area contributed by atoms with E-state index in [0.717, 1.165) is 12.1 Å². The third-order valence-corrected chi connectivity index (χ3v) is 5.27. The molecule has 0 spiro atoms. The maximum absolute atomic E-state index is 12.8. The molecule has 0 amide bonds. The molecule has 0 saturated heterocycles. The molecule has 0 radical (unpaired) electrons. The lowest BCUT2D eigenvalue weighted by Crippen LogP contribution is -2.16. The first kappa shape index (κ1) is 19.6. The summed E-state index contributed by atoms with van der Waals surface area (Å²) in [5.41, 5.74) is 1.13. The van der Waals surface area contributed by atoms with Gasteiger partial charge in [-0.15, -0.1) is 0 Å². The molecule has 0 aliphatic carbocycles. The fraction of sp³-hybridized carbons (Fsp3) is 0.182. The van der Waals surface area contributed by atoms with E-state index in [4.69, 9.17) is 0 Å². The van der Waals surface area contributed by atoms with E-state index in [-0.39, 0.29) is 6.04 Å². The van der Waals surface area contributed by atoms with Crippen LogP contribution in [0.5, 0.6) is 0 Å². The fourth-order valence-electron chi connectivity index (χ4n) is 3.08. The lowest BCUT2D eigenvalue weighted by atomic mass is 10.00. The average Bonchev–Trinajstić information content (AvgIpc) is 2.66. The highest BCUT2D eigenvalue weighted by Gasteiger charge is 2.30. The minimum absolute atomic E-state index is 0.146. The fourth-order valence-corrected chi connectivity index (χ4v) is 3.36. The number of hydrogen-bond donors (Lipinski definition) is 0. The summed E-state index contributed by atoms with van der Waals surface area (Å²) in [6.07, 6.45) is -0.717. The quantitative estimate of drug-likeness (QED) is 0.439. The topological polar surface area (TPSA) is 3.24 Å². The van der Waals surface area contributed by atoms with Gasteiger partial charge in [-0.3, -0.25) is 4.67 Å². The van der Waals surface area contributed by atoms with Gasteiger partial charge in [0.25, 0.3) is 0 Å². The maximum atomic E-state index is 12.8. The van der Waals surface area contributed by atoms with Crippen molar-refractivity contribution >= 4 is 26.2 Å². The molecule has 0 heterocycles. The summed E-state index contributed by atoms with van der Waals surface area (Å²) in [7, 11) is 2.71. The average molecular weight is 387 g/mol. The van der Waals surface area contributed by atoms with Gasteiger partial charge in [-0.25, -0.2) is 0 Å². The molecule has 140 valence electrons. The summed E-state index contributed by atoms with van der Waals surface area (Å²) < 4.78 is 40.5. The molecule has 0 aliphatic rings. The van der Waals surface area contributed by atoms with Crippen LogP contribution in [-0.2, 0) is 6.18 Å². The van der Waals surface area contributed by atoms with Gasteiger partial charge in [-0.05, 0) is 41.0 Å². The largest absolute Gasteiger partial charge is 0.416 e. The zero-order valence-corrected chi connectivity index (χ0v) is 16.1. The van der Waals surface area contributed by atoms with Crippen molar-refractivity contribution in [2.75, 3.05) is 6.54 Å². The van der Waals surface area contributed by atoms with Crippen molar-refractivity contribution in [3.63, 3.8) is 0 Å². The lowest BCUT2D eigenvalue weighted by molar-refractivity contribution is -0.137. The molecular weight excluding hydrogens is 366 g/mol. The molecule has 0 bridgehead atoms. The second kappa shape index (κ2) is 8.24. The van der Waals surface area contributed by atoms with Crippen LogP contribution in [0.15, 0.2) is 72.8 Å². The van der Waals surface area contributed by atoms with Crippen molar-refractivity contribution in [1.29, 1.82) is 0 Å². The molecule has 2 atom stereocenters. The summed E-state index contributed by atoms with van der Waals surface area (Å²) >= 11 is 0. The number of benzene rings is 3. The van der Waals surface area contributed by atoms with Crippen molar-refractivity contribution in [2.24, 2.45) is 0 Å². The zero-order chi connectivity index (χ0) is 19.4. The Morgan fingerprint density at radius 3 is 2.48 bits per heavy atom. The molecule has 3 aromatic rings. The summed E-state index contributed by atoms with van der Waals surface area (Å²) in [5.74, 6) is 0. The Balaban J connectivity index is 1.72. The van der Waals surface area contributed by atoms with Crippen LogP contribution in [0, 0.1) is 0 Å². The predicted octanol–water partition coefficient (Wildman–Crippen LogP) is 6.73. The Morgan fingerprint density at radius 1 is 1.00 bits per heavy atom. The highest BCUT2D eigenvalue weighted by atomic mass is 31.0. The molecule has 27 heavy (non-hydrogen) atoms. The molecule has 0 fully saturated rings. The van der Waals surface area contributed by atoms with Crippen molar-refractivity contribution in [3.05, 3.63) is 89.5 Å². The highest BCUT2D eigenvalue weighted by molar-refractivity contribution is 7.13. The van der Waals surface area contributed by atoms with Crippen molar-refractivity contribution in [1.82, 2.24) is 4.67 Å². The molecule has 1 nitrogen and oxygen atoms in total. The van der Waals surface area contributed by atoms with Crippen LogP contribution in [0.25, 0.3) is 16.8 Å². The van der Waals surface area contributed by atoms with Crippen LogP contribution in [0.2, 0.25) is 0 Å². The van der Waals surface area contributed by atoms with Crippen LogP contribution < -0.4 is 0 Å². The number of nitrogens with zero attached hydrogens (tertiary/aromatic N) is 1. The van der Waals surface area contributed by atoms with Crippen LogP contribution in [0.1, 0.15) is 29.7 Å². The van der Waals surface area contributed by atoms with Crippen LogP contribution in [0.4, 0.5) is 13.2 Å². The Hall–Kier alpha value is -2.16. The van der Waals surface area contributed by atoms with Crippen LogP contribution in [0.3, 0.4) is 0 Å². The molecular formula is C22H21F3NP. The SMILES string of the molecule is CC(c1cccc2ccccc12)N(P)CC=Cc1cccc(C(F)(F)F)c1. The maximum Gasteiger partial charge on any atom is 0.416 e. The predicted molar refractivity (Wildman–Crippen MR) is 109 cm³/mol. The second-order valence-corrected chi connectivity index (χ2v) is 7.13. The first-order valence-corrected chi connectivity index (χ1v) is 9.20. The first-order valence-electron chi connectivity index (χ1n) is 8.69. The zero-order valence-electron chi connectivity index (χ0n) is 14.9. The number of alkyl halides is 3. The van der Waals surface area contributed by atoms with Crippen LogP contribution >= 0.6 is 9.39 Å². The molecule has 0 aromatic heterocycles. The van der Waals surface area contributed by atoms with E-state index in [1.165, 1.54) is 22.4 Å². The highest BCUT2D eigenvalue weighted by Crippen LogP contribution is 2.31. The van der Waals surface area contributed by atoms with E-state index < -0.39 is 11.7 Å². The van der Waals surface area contributed by atoms with Gasteiger partial charge in [0.1, 0.15) is 0 Å². The Bertz CT molecular complexity index is 944. The number of halogens is 3. The van der Waals surface area contributed by atoms with E-state index in [2.05, 4.69) is 45.3 Å². The first-order chi connectivity index (χ1) is 12.9. The lowest BCUT2D eigenvalue weighted by Gasteiger charge is -2.24. The molecule has 0 aliphatic heterocycles. The van der Waals surface area contributed by atoms with Gasteiger partial charge in [0.05, 0.1) is 5.56 Å². The summed E-state index contributed by atoms with van der Waals surface area (Å²) in [5, 5.41) is 2.40. The van der Waals surface area contributed by atoms with E-state index in [1.807, 2.05) is 24.3 Å². The van der Waals surface area contributed by atoms with E-state index >= 15 is 0 Å². The number of rotatable bonds is 5. The molecule has 0 saturated carbocycles. The third kappa shape index (κ3) is 4.77. The summed E-state index contributed by atoms with van der Waals surface area (Å²) in [6.45, 7) is 2.72. The Morgan fingerprint density at radius 2 is 1.70 bits per heavy atom. The molecule has 3 aromatic carbocycles. The molecule has 5 heteroatoms.